The molecule has 2 aromatic carbocycles. The average Bonchev–Trinajstić information content (AvgIpc) is 2.47. The molecule has 1 aliphatic rings. The molecule has 20 heavy (non-hydrogen) atoms. The van der Waals surface area contributed by atoms with Crippen LogP contribution in [0.15, 0.2) is 42.5 Å². The fourth-order valence-electron chi connectivity index (χ4n) is 2.83. The minimum Gasteiger partial charge on any atom is -0.495 e. The predicted molar refractivity (Wildman–Crippen MR) is 81.7 cm³/mol. The van der Waals surface area contributed by atoms with Crippen molar-refractivity contribution in [3.63, 3.8) is 0 Å². The number of nitrogen functional groups attached to an aromatic ring is 1. The first-order valence-corrected chi connectivity index (χ1v) is 6.98. The molecule has 0 aromatic heterocycles. The van der Waals surface area contributed by atoms with Crippen LogP contribution in [0.2, 0.25) is 0 Å². The quantitative estimate of drug-likeness (QED) is 0.870. The second-order valence-electron chi connectivity index (χ2n) is 5.31. The second-order valence-corrected chi connectivity index (χ2v) is 5.31. The van der Waals surface area contributed by atoms with E-state index in [1.807, 2.05) is 12.1 Å². The maximum Gasteiger partial charge on any atom is 0.141 e. The van der Waals surface area contributed by atoms with Gasteiger partial charge in [-0.2, -0.15) is 0 Å². The molecule has 0 aliphatic carbocycles. The Labute approximate surface area is 120 Å². The number of ether oxygens (including phenoxy) is 1. The van der Waals surface area contributed by atoms with Crippen LogP contribution in [0.25, 0.3) is 0 Å². The lowest BCUT2D eigenvalue weighted by molar-refractivity contribution is 0.245. The molecule has 0 spiro atoms. The normalized spacial score (nSPS) is 14.8. The molecule has 0 bridgehead atoms. The van der Waals surface area contributed by atoms with E-state index in [1.165, 1.54) is 16.7 Å². The van der Waals surface area contributed by atoms with E-state index in [2.05, 4.69) is 35.2 Å². The summed E-state index contributed by atoms with van der Waals surface area (Å²) in [6.07, 6.45) is 1.13. The lowest BCUT2D eigenvalue weighted by atomic mass is 9.99. The minimum absolute atomic E-state index is 0.711. The van der Waals surface area contributed by atoms with Gasteiger partial charge in [-0.05, 0) is 35.2 Å². The molecule has 3 nitrogen and oxygen atoms in total. The number of nitrogens with two attached hydrogens (primary N) is 1. The van der Waals surface area contributed by atoms with E-state index in [0.29, 0.717) is 5.69 Å². The zero-order valence-corrected chi connectivity index (χ0v) is 11.8. The zero-order valence-electron chi connectivity index (χ0n) is 11.8. The van der Waals surface area contributed by atoms with Gasteiger partial charge in [0.2, 0.25) is 0 Å². The van der Waals surface area contributed by atoms with Crippen LogP contribution in [0.5, 0.6) is 5.75 Å². The Morgan fingerprint density at radius 2 is 1.95 bits per heavy atom. The van der Waals surface area contributed by atoms with Crippen molar-refractivity contribution in [2.75, 3.05) is 19.4 Å². The summed E-state index contributed by atoms with van der Waals surface area (Å²) in [5.74, 6) is 0.748. The van der Waals surface area contributed by atoms with Gasteiger partial charge in [-0.25, -0.2) is 0 Å². The first-order valence-electron chi connectivity index (χ1n) is 6.98. The standard InChI is InChI=1S/C17H20N2O/c1-20-17-7-6-13(10-16(17)18)11-19-9-8-14-4-2-3-5-15(14)12-19/h2-7,10H,8-9,11-12,18H2,1H3. The van der Waals surface area contributed by atoms with Gasteiger partial charge < -0.3 is 10.5 Å². The summed E-state index contributed by atoms with van der Waals surface area (Å²) in [5, 5.41) is 0. The Balaban J connectivity index is 1.72. The van der Waals surface area contributed by atoms with Gasteiger partial charge in [0.1, 0.15) is 5.75 Å². The maximum atomic E-state index is 5.97. The van der Waals surface area contributed by atoms with Gasteiger partial charge in [-0.15, -0.1) is 0 Å². The summed E-state index contributed by atoms with van der Waals surface area (Å²) >= 11 is 0. The molecule has 0 atom stereocenters. The second kappa shape index (κ2) is 5.55. The monoisotopic (exact) mass is 268 g/mol. The Morgan fingerprint density at radius 1 is 1.15 bits per heavy atom. The fourth-order valence-corrected chi connectivity index (χ4v) is 2.83. The Kier molecular flexibility index (Phi) is 3.61. The lowest BCUT2D eigenvalue weighted by Crippen LogP contribution is -2.29. The van der Waals surface area contributed by atoms with E-state index in [-0.39, 0.29) is 0 Å². The third-order valence-corrected chi connectivity index (χ3v) is 3.91. The number of hydrogen-bond donors (Lipinski definition) is 1. The highest BCUT2D eigenvalue weighted by Gasteiger charge is 2.15. The Bertz CT molecular complexity index is 610. The fraction of sp³-hybridized carbons (Fsp3) is 0.294. The molecule has 1 heterocycles. The van der Waals surface area contributed by atoms with Crippen molar-refractivity contribution in [3.05, 3.63) is 59.2 Å². The van der Waals surface area contributed by atoms with Crippen LogP contribution in [0.3, 0.4) is 0 Å². The SMILES string of the molecule is COc1ccc(CN2CCc3ccccc3C2)cc1N. The largest absolute Gasteiger partial charge is 0.495 e. The van der Waals surface area contributed by atoms with E-state index in [0.717, 1.165) is 31.8 Å². The first kappa shape index (κ1) is 13.0. The van der Waals surface area contributed by atoms with Gasteiger partial charge in [-0.3, -0.25) is 4.90 Å². The highest BCUT2D eigenvalue weighted by molar-refractivity contribution is 5.54. The number of nitrogens with zero attached hydrogens (tertiary/aromatic N) is 1. The first-order chi connectivity index (χ1) is 9.76. The Hall–Kier alpha value is -2.00. The Morgan fingerprint density at radius 3 is 2.70 bits per heavy atom. The predicted octanol–water partition coefficient (Wildman–Crippen LogP) is 2.84. The number of anilines is 1. The summed E-state index contributed by atoms with van der Waals surface area (Å²) < 4.78 is 5.20. The molecule has 2 aromatic rings. The molecule has 1 aliphatic heterocycles. The van der Waals surface area contributed by atoms with E-state index >= 15 is 0 Å². The van der Waals surface area contributed by atoms with Crippen molar-refractivity contribution in [1.82, 2.24) is 4.90 Å². The third kappa shape index (κ3) is 2.63. The number of fused-ring (bicyclic) bond motifs is 1. The van der Waals surface area contributed by atoms with E-state index in [9.17, 15) is 0 Å². The van der Waals surface area contributed by atoms with Gasteiger partial charge in [0.15, 0.2) is 0 Å². The summed E-state index contributed by atoms with van der Waals surface area (Å²) in [7, 11) is 1.65. The van der Waals surface area contributed by atoms with Gasteiger partial charge >= 0.3 is 0 Å². The lowest BCUT2D eigenvalue weighted by Gasteiger charge is -2.28. The number of benzene rings is 2. The smallest absolute Gasteiger partial charge is 0.141 e. The van der Waals surface area contributed by atoms with Crippen LogP contribution in [0.4, 0.5) is 5.69 Å². The summed E-state index contributed by atoms with van der Waals surface area (Å²) in [5.41, 5.74) is 10.8. The van der Waals surface area contributed by atoms with Crippen molar-refractivity contribution in [1.29, 1.82) is 0 Å². The maximum absolute atomic E-state index is 5.97. The zero-order chi connectivity index (χ0) is 13.9. The molecule has 104 valence electrons. The van der Waals surface area contributed by atoms with E-state index in [1.54, 1.807) is 7.11 Å². The summed E-state index contributed by atoms with van der Waals surface area (Å²) in [6.45, 7) is 3.05. The molecule has 3 heteroatoms. The van der Waals surface area contributed by atoms with Crippen molar-refractivity contribution in [3.8, 4) is 5.75 Å². The van der Waals surface area contributed by atoms with Crippen LogP contribution in [-0.4, -0.2) is 18.6 Å². The van der Waals surface area contributed by atoms with Crippen LogP contribution < -0.4 is 10.5 Å². The molecular weight excluding hydrogens is 248 g/mol. The molecule has 0 saturated heterocycles. The minimum atomic E-state index is 0.711. The molecule has 0 unspecified atom stereocenters. The molecule has 0 radical (unpaired) electrons. The molecule has 0 saturated carbocycles. The molecule has 0 fully saturated rings. The van der Waals surface area contributed by atoms with Crippen LogP contribution in [-0.2, 0) is 19.5 Å². The van der Waals surface area contributed by atoms with Gasteiger partial charge in [-0.1, -0.05) is 30.3 Å². The molecule has 3 rings (SSSR count). The highest BCUT2D eigenvalue weighted by atomic mass is 16.5. The molecule has 0 amide bonds. The summed E-state index contributed by atoms with van der Waals surface area (Å²) in [6, 6.07) is 14.8. The summed E-state index contributed by atoms with van der Waals surface area (Å²) in [4.78, 5) is 2.46. The number of rotatable bonds is 3. The van der Waals surface area contributed by atoms with Gasteiger partial charge in [0.05, 0.1) is 12.8 Å². The van der Waals surface area contributed by atoms with Crippen LogP contribution >= 0.6 is 0 Å². The average molecular weight is 268 g/mol. The van der Waals surface area contributed by atoms with Crippen molar-refractivity contribution < 1.29 is 4.74 Å². The van der Waals surface area contributed by atoms with Gasteiger partial charge in [0, 0.05) is 19.6 Å². The van der Waals surface area contributed by atoms with Crippen LogP contribution in [0.1, 0.15) is 16.7 Å². The van der Waals surface area contributed by atoms with E-state index in [4.69, 9.17) is 10.5 Å². The molecule has 2 N–H and O–H groups in total. The highest BCUT2D eigenvalue weighted by Crippen LogP contribution is 2.24. The third-order valence-electron chi connectivity index (χ3n) is 3.91. The van der Waals surface area contributed by atoms with Crippen LogP contribution in [0, 0.1) is 0 Å². The van der Waals surface area contributed by atoms with Crippen molar-refractivity contribution >= 4 is 5.69 Å². The number of hydrogen-bond acceptors (Lipinski definition) is 3. The number of methoxy groups -OCH3 is 1. The van der Waals surface area contributed by atoms with Crippen molar-refractivity contribution in [2.24, 2.45) is 0 Å². The molecular formula is C17H20N2O. The van der Waals surface area contributed by atoms with E-state index < -0.39 is 0 Å². The van der Waals surface area contributed by atoms with Gasteiger partial charge in [0.25, 0.3) is 0 Å². The van der Waals surface area contributed by atoms with Crippen molar-refractivity contribution in [2.45, 2.75) is 19.5 Å². The topological polar surface area (TPSA) is 38.5 Å².